The van der Waals surface area contributed by atoms with E-state index in [-0.39, 0.29) is 25.7 Å². The van der Waals surface area contributed by atoms with Crippen LogP contribution in [0.15, 0.2) is 24.3 Å². The molecule has 0 saturated heterocycles. The number of esters is 4. The number of carbonyl (C=O) groups is 4. The van der Waals surface area contributed by atoms with Crippen molar-refractivity contribution in [1.82, 2.24) is 0 Å². The summed E-state index contributed by atoms with van der Waals surface area (Å²) in [6.07, 6.45) is 61.7. The van der Waals surface area contributed by atoms with Crippen LogP contribution < -0.4 is 0 Å². The van der Waals surface area contributed by atoms with Gasteiger partial charge in [-0.1, -0.05) is 342 Å². The summed E-state index contributed by atoms with van der Waals surface area (Å²) in [6, 6.07) is 0. The minimum atomic E-state index is -4.97. The highest BCUT2D eigenvalue weighted by molar-refractivity contribution is 7.47. The number of phosphoric ester groups is 2. The first-order chi connectivity index (χ1) is 48.3. The molecule has 0 fully saturated rings. The van der Waals surface area contributed by atoms with Crippen LogP contribution in [-0.2, 0) is 65.4 Å². The molecule has 4 unspecified atom stereocenters. The number of allylic oxidation sites excluding steroid dienone is 4. The molecule has 100 heavy (non-hydrogen) atoms. The van der Waals surface area contributed by atoms with Gasteiger partial charge in [0.05, 0.1) is 26.4 Å². The Hall–Kier alpha value is -2.46. The topological polar surface area (TPSA) is 237 Å². The molecule has 19 heteroatoms. The van der Waals surface area contributed by atoms with Crippen molar-refractivity contribution in [2.75, 3.05) is 39.6 Å². The minimum absolute atomic E-state index is 0.101. The summed E-state index contributed by atoms with van der Waals surface area (Å²) in [4.78, 5) is 73.0. The molecule has 0 aliphatic rings. The fourth-order valence-electron chi connectivity index (χ4n) is 11.9. The van der Waals surface area contributed by atoms with Gasteiger partial charge in [0.2, 0.25) is 0 Å². The van der Waals surface area contributed by atoms with E-state index < -0.39 is 97.5 Å². The van der Waals surface area contributed by atoms with Crippen LogP contribution in [0, 0.1) is 17.8 Å². The third kappa shape index (κ3) is 71.2. The van der Waals surface area contributed by atoms with Crippen molar-refractivity contribution in [3.05, 3.63) is 24.3 Å². The summed E-state index contributed by atoms with van der Waals surface area (Å²) < 4.78 is 68.7. The number of unbranched alkanes of at least 4 members (excludes halogenated alkanes) is 40. The lowest BCUT2D eigenvalue weighted by atomic mass is 9.99. The van der Waals surface area contributed by atoms with Crippen LogP contribution in [-0.4, -0.2) is 96.7 Å². The molecule has 0 rings (SSSR count). The van der Waals surface area contributed by atoms with E-state index in [9.17, 15) is 43.2 Å². The second kappa shape index (κ2) is 70.8. The average Bonchev–Trinajstić information content (AvgIpc) is 0.912. The highest BCUT2D eigenvalue weighted by atomic mass is 31.2. The van der Waals surface area contributed by atoms with Crippen LogP contribution in [0.3, 0.4) is 0 Å². The van der Waals surface area contributed by atoms with Gasteiger partial charge in [-0.2, -0.15) is 0 Å². The third-order valence-corrected chi connectivity index (χ3v) is 20.9. The van der Waals surface area contributed by atoms with Gasteiger partial charge in [-0.05, 0) is 69.1 Å². The number of ether oxygens (including phenoxy) is 4. The Kier molecular flexibility index (Phi) is 69.1. The fourth-order valence-corrected chi connectivity index (χ4v) is 13.5. The van der Waals surface area contributed by atoms with Crippen molar-refractivity contribution in [2.24, 2.45) is 17.8 Å². The molecule has 17 nitrogen and oxygen atoms in total. The van der Waals surface area contributed by atoms with E-state index in [1.54, 1.807) is 0 Å². The Bertz CT molecular complexity index is 2040. The van der Waals surface area contributed by atoms with Crippen molar-refractivity contribution in [3.8, 4) is 0 Å². The molecule has 0 aliphatic heterocycles. The smallest absolute Gasteiger partial charge is 0.462 e. The number of hydrogen-bond donors (Lipinski definition) is 3. The summed E-state index contributed by atoms with van der Waals surface area (Å²) in [5, 5.41) is 10.6. The highest BCUT2D eigenvalue weighted by Crippen LogP contribution is 2.45. The molecule has 0 aromatic carbocycles. The molecule has 0 radical (unpaired) electrons. The quantitative estimate of drug-likeness (QED) is 0.0169. The second-order valence-corrected chi connectivity index (χ2v) is 32.3. The highest BCUT2D eigenvalue weighted by Gasteiger charge is 2.30. The molecule has 0 saturated carbocycles. The van der Waals surface area contributed by atoms with E-state index in [1.165, 1.54) is 186 Å². The second-order valence-electron chi connectivity index (χ2n) is 29.4. The summed E-state index contributed by atoms with van der Waals surface area (Å²) in [6.45, 7) is 11.9. The van der Waals surface area contributed by atoms with Crippen molar-refractivity contribution in [2.45, 2.75) is 414 Å². The van der Waals surface area contributed by atoms with E-state index in [0.29, 0.717) is 25.7 Å². The molecule has 0 aromatic heterocycles. The summed E-state index contributed by atoms with van der Waals surface area (Å²) >= 11 is 0. The molecular formula is C81H154O17P2. The van der Waals surface area contributed by atoms with Gasteiger partial charge in [-0.25, -0.2) is 9.13 Å². The van der Waals surface area contributed by atoms with Gasteiger partial charge in [0, 0.05) is 25.7 Å². The Balaban J connectivity index is 5.30. The van der Waals surface area contributed by atoms with Crippen LogP contribution in [0.4, 0.5) is 0 Å². The number of aliphatic hydroxyl groups is 1. The van der Waals surface area contributed by atoms with Crippen molar-refractivity contribution in [1.29, 1.82) is 0 Å². The standard InChI is InChI=1S/C81H154O17P2/c1-8-11-12-13-14-15-16-17-20-24-27-33-41-48-55-62-78(83)91-68-76(97-80(85)64-57-50-43-34-28-25-22-19-18-21-23-26-31-38-45-52-59-72(4)5)70-95-99(87,88)93-66-75(82)67-94-100(89,90)96-71-77(69-92-79(84)63-56-49-42-37-36-40-47-54-61-74(7)10-3)98-81(86)65-58-51-44-35-30-29-32-39-46-53-60-73(6)9-2/h15-17,20,72-77,82H,8-14,18-19,21-71H2,1-7H3,(H,87,88)(H,89,90)/b16-15-,20-17-/t73?,74?,75-,76-,77-/m1/s1. The number of carbonyl (C=O) groups excluding carboxylic acids is 4. The first-order valence-corrected chi connectivity index (χ1v) is 44.2. The van der Waals surface area contributed by atoms with E-state index in [4.69, 9.17) is 37.0 Å². The molecule has 0 aliphatic carbocycles. The van der Waals surface area contributed by atoms with Crippen LogP contribution in [0.2, 0.25) is 0 Å². The normalized spacial score (nSPS) is 14.7. The van der Waals surface area contributed by atoms with E-state index >= 15 is 0 Å². The van der Waals surface area contributed by atoms with Crippen molar-refractivity contribution >= 4 is 39.5 Å². The Morgan fingerprint density at radius 2 is 0.590 bits per heavy atom. The van der Waals surface area contributed by atoms with Crippen LogP contribution in [0.1, 0.15) is 395 Å². The van der Waals surface area contributed by atoms with Crippen LogP contribution >= 0.6 is 15.6 Å². The number of rotatable bonds is 77. The number of aliphatic hydroxyl groups excluding tert-OH is 1. The zero-order valence-corrected chi connectivity index (χ0v) is 66.9. The Morgan fingerprint density at radius 3 is 0.890 bits per heavy atom. The largest absolute Gasteiger partial charge is 0.472 e. The van der Waals surface area contributed by atoms with Gasteiger partial charge in [0.25, 0.3) is 0 Å². The lowest BCUT2D eigenvalue weighted by Crippen LogP contribution is -2.30. The van der Waals surface area contributed by atoms with Gasteiger partial charge >= 0.3 is 39.5 Å². The first-order valence-electron chi connectivity index (χ1n) is 41.2. The molecule has 7 atom stereocenters. The maximum absolute atomic E-state index is 13.1. The van der Waals surface area contributed by atoms with E-state index in [0.717, 1.165) is 127 Å². The summed E-state index contributed by atoms with van der Waals surface area (Å²) in [5.74, 6) is 0.243. The molecule has 3 N–H and O–H groups in total. The fraction of sp³-hybridized carbons (Fsp3) is 0.901. The molecule has 0 spiro atoms. The Morgan fingerprint density at radius 1 is 0.330 bits per heavy atom. The molecule has 0 amide bonds. The average molecular weight is 1460 g/mol. The predicted octanol–water partition coefficient (Wildman–Crippen LogP) is 23.7. The van der Waals surface area contributed by atoms with Gasteiger partial charge in [-0.15, -0.1) is 0 Å². The number of hydrogen-bond acceptors (Lipinski definition) is 15. The van der Waals surface area contributed by atoms with Gasteiger partial charge in [0.15, 0.2) is 12.2 Å². The van der Waals surface area contributed by atoms with E-state index in [1.807, 2.05) is 0 Å². The predicted molar refractivity (Wildman–Crippen MR) is 409 cm³/mol. The van der Waals surface area contributed by atoms with Gasteiger partial charge in [0.1, 0.15) is 19.3 Å². The third-order valence-electron chi connectivity index (χ3n) is 19.0. The van der Waals surface area contributed by atoms with E-state index in [2.05, 4.69) is 72.8 Å². The monoisotopic (exact) mass is 1460 g/mol. The summed E-state index contributed by atoms with van der Waals surface area (Å²) in [5.41, 5.74) is 0. The minimum Gasteiger partial charge on any atom is -0.462 e. The zero-order valence-electron chi connectivity index (χ0n) is 65.2. The maximum atomic E-state index is 13.1. The van der Waals surface area contributed by atoms with Gasteiger partial charge < -0.3 is 33.8 Å². The summed E-state index contributed by atoms with van der Waals surface area (Å²) in [7, 11) is -9.93. The van der Waals surface area contributed by atoms with Crippen LogP contribution in [0.5, 0.6) is 0 Å². The molecule has 0 aromatic rings. The van der Waals surface area contributed by atoms with Crippen molar-refractivity contribution in [3.63, 3.8) is 0 Å². The number of phosphoric acid groups is 2. The Labute approximate surface area is 612 Å². The maximum Gasteiger partial charge on any atom is 0.472 e. The van der Waals surface area contributed by atoms with Crippen LogP contribution in [0.25, 0.3) is 0 Å². The molecule has 590 valence electrons. The molecular weight excluding hydrogens is 1310 g/mol. The lowest BCUT2D eigenvalue weighted by molar-refractivity contribution is -0.161. The molecule has 0 heterocycles. The van der Waals surface area contributed by atoms with Gasteiger partial charge in [-0.3, -0.25) is 37.3 Å². The van der Waals surface area contributed by atoms with Crippen molar-refractivity contribution < 1.29 is 80.2 Å². The molecule has 0 bridgehead atoms. The SMILES string of the molecule is CCCCCC/C=C\C=C/CCCCCCCC(=O)OC[C@H](COP(=O)(O)OC[C@@H](O)COP(=O)(O)OC[C@@H](COC(=O)CCCCCCCCCCC(C)CC)OC(=O)CCCCCCCCCCCCC(C)CC)OC(=O)CCCCCCCCCCCCCCCCCCC(C)C. The first kappa shape index (κ1) is 97.5. The lowest BCUT2D eigenvalue weighted by Gasteiger charge is -2.21. The zero-order chi connectivity index (χ0) is 73.7.